The number of hydrogen-bond acceptors (Lipinski definition) is 6. The summed E-state index contributed by atoms with van der Waals surface area (Å²) in [4.78, 5) is 21.8. The zero-order valence-electron chi connectivity index (χ0n) is 11.3. The average molecular weight is 281 g/mol. The third-order valence-corrected chi connectivity index (χ3v) is 2.91. The van der Waals surface area contributed by atoms with Crippen LogP contribution in [0.25, 0.3) is 0 Å². The summed E-state index contributed by atoms with van der Waals surface area (Å²) < 4.78 is 15.9. The summed E-state index contributed by atoms with van der Waals surface area (Å²) in [6.45, 7) is 3.79. The van der Waals surface area contributed by atoms with Crippen LogP contribution in [-0.4, -0.2) is 24.1 Å². The minimum absolute atomic E-state index is 0.137. The highest BCUT2D eigenvalue weighted by Gasteiger charge is 2.28. The summed E-state index contributed by atoms with van der Waals surface area (Å²) in [5.74, 6) is 0.285. The van der Waals surface area contributed by atoms with E-state index in [0.29, 0.717) is 36.7 Å². The molecule has 0 saturated heterocycles. The maximum Gasteiger partial charge on any atom is 0.303 e. The van der Waals surface area contributed by atoms with Crippen LogP contribution in [0.3, 0.4) is 0 Å². The predicted molar refractivity (Wildman–Crippen MR) is 68.9 cm³/mol. The lowest BCUT2D eigenvalue weighted by Gasteiger charge is -2.21. The zero-order chi connectivity index (χ0) is 14.7. The molecule has 7 heteroatoms. The molecule has 0 N–H and O–H groups in total. The van der Waals surface area contributed by atoms with E-state index in [0.717, 1.165) is 0 Å². The smallest absolute Gasteiger partial charge is 0.303 e. The van der Waals surface area contributed by atoms with Gasteiger partial charge in [-0.05, 0) is 12.5 Å². The van der Waals surface area contributed by atoms with E-state index in [9.17, 15) is 14.9 Å². The number of benzene rings is 1. The Morgan fingerprint density at radius 1 is 1.40 bits per heavy atom. The molecule has 1 atom stereocenters. The molecule has 0 radical (unpaired) electrons. The molecule has 1 aromatic rings. The number of carbonyl (C=O) groups is 1. The molecule has 0 saturated carbocycles. The Labute approximate surface area is 115 Å². The number of carbonyl (C=O) groups excluding carboxylic acids is 1. The van der Waals surface area contributed by atoms with E-state index in [1.807, 2.05) is 0 Å². The van der Waals surface area contributed by atoms with Crippen LogP contribution in [-0.2, 0) is 9.53 Å². The van der Waals surface area contributed by atoms with Crippen LogP contribution in [0.5, 0.6) is 11.5 Å². The summed E-state index contributed by atoms with van der Waals surface area (Å²) in [5.41, 5.74) is 0.180. The van der Waals surface area contributed by atoms with Gasteiger partial charge in [-0.25, -0.2) is 0 Å². The minimum atomic E-state index is -0.677. The number of ether oxygens (including phenoxy) is 3. The molecule has 20 heavy (non-hydrogen) atoms. The van der Waals surface area contributed by atoms with Gasteiger partial charge in [0, 0.05) is 6.92 Å². The Balaban J connectivity index is 2.48. The fourth-order valence-corrected chi connectivity index (χ4v) is 2.08. The largest absolute Gasteiger partial charge is 0.486 e. The lowest BCUT2D eigenvalue weighted by Crippen LogP contribution is -2.17. The first-order valence-corrected chi connectivity index (χ1v) is 6.28. The molecule has 2 rings (SSSR count). The first-order valence-electron chi connectivity index (χ1n) is 6.28. The van der Waals surface area contributed by atoms with E-state index in [4.69, 9.17) is 14.2 Å². The second kappa shape index (κ2) is 5.77. The van der Waals surface area contributed by atoms with E-state index in [1.54, 1.807) is 6.92 Å². The summed E-state index contributed by atoms with van der Waals surface area (Å²) in [6.07, 6.45) is -0.246. The van der Waals surface area contributed by atoms with Crippen LogP contribution in [0.4, 0.5) is 5.69 Å². The van der Waals surface area contributed by atoms with Gasteiger partial charge in [-0.3, -0.25) is 14.9 Å². The Kier molecular flexibility index (Phi) is 4.07. The van der Waals surface area contributed by atoms with Crippen molar-refractivity contribution in [3.05, 3.63) is 27.8 Å². The molecule has 0 bridgehead atoms. The molecular formula is C13H15NO6. The number of nitro benzene ring substituents is 1. The van der Waals surface area contributed by atoms with Crippen molar-refractivity contribution in [2.75, 3.05) is 13.2 Å². The fourth-order valence-electron chi connectivity index (χ4n) is 2.08. The second-order valence-corrected chi connectivity index (χ2v) is 4.32. The van der Waals surface area contributed by atoms with Crippen LogP contribution in [0, 0.1) is 10.1 Å². The molecule has 0 amide bonds. The van der Waals surface area contributed by atoms with Gasteiger partial charge in [0.2, 0.25) is 0 Å². The monoisotopic (exact) mass is 281 g/mol. The third kappa shape index (κ3) is 2.81. The second-order valence-electron chi connectivity index (χ2n) is 4.32. The quantitative estimate of drug-likeness (QED) is 0.478. The van der Waals surface area contributed by atoms with E-state index in [-0.39, 0.29) is 5.69 Å². The molecule has 0 aromatic heterocycles. The molecule has 108 valence electrons. The lowest BCUT2D eigenvalue weighted by molar-refractivity contribution is -0.386. The number of fused-ring (bicyclic) bond motifs is 1. The molecular weight excluding hydrogens is 266 g/mol. The van der Waals surface area contributed by atoms with Crippen LogP contribution >= 0.6 is 0 Å². The van der Waals surface area contributed by atoms with Crippen molar-refractivity contribution in [3.8, 4) is 11.5 Å². The molecule has 1 heterocycles. The van der Waals surface area contributed by atoms with E-state index in [2.05, 4.69) is 0 Å². The standard InChI is InChI=1S/C13H15NO6/c1-3-11(20-8(2)15)9-6-12-13(19-5-4-18-12)7-10(9)14(16)17/h6-7,11H,3-5H2,1-2H3/t11-/m1/s1. The van der Waals surface area contributed by atoms with E-state index >= 15 is 0 Å². The van der Waals surface area contributed by atoms with Crippen molar-refractivity contribution in [1.29, 1.82) is 0 Å². The highest BCUT2D eigenvalue weighted by Crippen LogP contribution is 2.40. The van der Waals surface area contributed by atoms with Gasteiger partial charge in [0.1, 0.15) is 19.3 Å². The molecule has 0 aliphatic carbocycles. The van der Waals surface area contributed by atoms with Crippen molar-refractivity contribution >= 4 is 11.7 Å². The van der Waals surface area contributed by atoms with E-state index < -0.39 is 17.0 Å². The summed E-state index contributed by atoms with van der Waals surface area (Å²) in [6, 6.07) is 2.83. The van der Waals surface area contributed by atoms with Gasteiger partial charge in [0.05, 0.1) is 16.6 Å². The van der Waals surface area contributed by atoms with Gasteiger partial charge in [-0.2, -0.15) is 0 Å². The first kappa shape index (κ1) is 14.1. The molecule has 1 aromatic carbocycles. The van der Waals surface area contributed by atoms with Crippen molar-refractivity contribution in [3.63, 3.8) is 0 Å². The summed E-state index contributed by atoms with van der Waals surface area (Å²) >= 11 is 0. The molecule has 1 aliphatic rings. The Bertz CT molecular complexity index is 542. The molecule has 1 aliphatic heterocycles. The van der Waals surface area contributed by atoms with Crippen LogP contribution in [0.15, 0.2) is 12.1 Å². The average Bonchev–Trinajstić information content (AvgIpc) is 2.43. The van der Waals surface area contributed by atoms with Crippen LogP contribution in [0.2, 0.25) is 0 Å². The summed E-state index contributed by atoms with van der Waals surface area (Å²) in [7, 11) is 0. The predicted octanol–water partition coefficient (Wildman–Crippen LogP) is 2.38. The maximum absolute atomic E-state index is 11.2. The van der Waals surface area contributed by atoms with Gasteiger partial charge in [0.15, 0.2) is 11.5 Å². The highest BCUT2D eigenvalue weighted by molar-refractivity contribution is 5.67. The normalized spacial score (nSPS) is 14.5. The molecule has 0 fully saturated rings. The van der Waals surface area contributed by atoms with E-state index in [1.165, 1.54) is 19.1 Å². The first-order chi connectivity index (χ1) is 9.52. The Morgan fingerprint density at radius 2 is 2.00 bits per heavy atom. The summed E-state index contributed by atoms with van der Waals surface area (Å²) in [5, 5.41) is 11.2. The number of hydrogen-bond donors (Lipinski definition) is 0. The molecule has 0 spiro atoms. The van der Waals surface area contributed by atoms with Crippen LogP contribution < -0.4 is 9.47 Å². The third-order valence-electron chi connectivity index (χ3n) is 2.91. The van der Waals surface area contributed by atoms with Gasteiger partial charge in [-0.1, -0.05) is 6.92 Å². The number of esters is 1. The lowest BCUT2D eigenvalue weighted by atomic mass is 10.0. The van der Waals surface area contributed by atoms with Gasteiger partial charge in [-0.15, -0.1) is 0 Å². The van der Waals surface area contributed by atoms with Crippen molar-refractivity contribution in [2.24, 2.45) is 0 Å². The van der Waals surface area contributed by atoms with Crippen molar-refractivity contribution in [1.82, 2.24) is 0 Å². The fraction of sp³-hybridized carbons (Fsp3) is 0.462. The van der Waals surface area contributed by atoms with Gasteiger partial charge < -0.3 is 14.2 Å². The topological polar surface area (TPSA) is 87.9 Å². The maximum atomic E-state index is 11.2. The number of nitrogens with zero attached hydrogens (tertiary/aromatic N) is 1. The Hall–Kier alpha value is -2.31. The number of nitro groups is 1. The molecule has 0 unspecified atom stereocenters. The number of rotatable bonds is 4. The van der Waals surface area contributed by atoms with Crippen molar-refractivity contribution in [2.45, 2.75) is 26.4 Å². The van der Waals surface area contributed by atoms with Gasteiger partial charge in [0.25, 0.3) is 5.69 Å². The SMILES string of the molecule is CC[C@@H](OC(C)=O)c1cc2c(cc1[N+](=O)[O-])OCCO2. The van der Waals surface area contributed by atoms with Crippen molar-refractivity contribution < 1.29 is 23.9 Å². The minimum Gasteiger partial charge on any atom is -0.486 e. The van der Waals surface area contributed by atoms with Gasteiger partial charge >= 0.3 is 5.97 Å². The van der Waals surface area contributed by atoms with Crippen LogP contribution in [0.1, 0.15) is 31.9 Å². The molecule has 7 nitrogen and oxygen atoms in total. The Morgan fingerprint density at radius 3 is 2.50 bits per heavy atom. The zero-order valence-corrected chi connectivity index (χ0v) is 11.3. The highest BCUT2D eigenvalue weighted by atomic mass is 16.6.